The van der Waals surface area contributed by atoms with Gasteiger partial charge in [-0.1, -0.05) is 0 Å². The van der Waals surface area contributed by atoms with Gasteiger partial charge in [-0.2, -0.15) is 0 Å². The second kappa shape index (κ2) is 3.40. The molecule has 1 saturated carbocycles. The van der Waals surface area contributed by atoms with E-state index in [0.29, 0.717) is 6.04 Å². The van der Waals surface area contributed by atoms with Crippen LogP contribution in [0.5, 0.6) is 0 Å². The van der Waals surface area contributed by atoms with E-state index >= 15 is 0 Å². The van der Waals surface area contributed by atoms with Crippen molar-refractivity contribution < 1.29 is 4.74 Å². The fourth-order valence-corrected chi connectivity index (χ4v) is 1.18. The minimum Gasteiger partial charge on any atom is -0.383 e. The van der Waals surface area contributed by atoms with Crippen molar-refractivity contribution in [2.75, 3.05) is 13.7 Å². The lowest BCUT2D eigenvalue weighted by molar-refractivity contribution is 0.167. The van der Waals surface area contributed by atoms with Crippen LogP contribution < -0.4 is 4.84 Å². The van der Waals surface area contributed by atoms with Gasteiger partial charge in [0, 0.05) is 13.2 Å². The Morgan fingerprint density at radius 2 is 2.44 bits per heavy atom. The van der Waals surface area contributed by atoms with E-state index < -0.39 is 0 Å². The molecule has 54 valence electrons. The summed E-state index contributed by atoms with van der Waals surface area (Å²) in [5, 5.41) is 0. The first-order valence-electron chi connectivity index (χ1n) is 3.23. The number of halogens is 1. The predicted octanol–water partition coefficient (Wildman–Crippen LogP) is 1.15. The van der Waals surface area contributed by atoms with Gasteiger partial charge < -0.3 is 4.74 Å². The molecule has 0 heterocycles. The number of rotatable bonds is 4. The van der Waals surface area contributed by atoms with Crippen molar-refractivity contribution in [1.29, 1.82) is 0 Å². The van der Waals surface area contributed by atoms with Gasteiger partial charge in [-0.3, -0.25) is 0 Å². The number of hydrogen-bond donors (Lipinski definition) is 1. The summed E-state index contributed by atoms with van der Waals surface area (Å²) in [7, 11) is 1.70. The van der Waals surface area contributed by atoms with Crippen LogP contribution in [0.15, 0.2) is 0 Å². The SMILES string of the molecule is COC[C@H](NCl)C1CC1. The Morgan fingerprint density at radius 3 is 2.78 bits per heavy atom. The van der Waals surface area contributed by atoms with Crippen LogP contribution in [-0.2, 0) is 4.74 Å². The van der Waals surface area contributed by atoms with Gasteiger partial charge in [0.25, 0.3) is 0 Å². The first-order valence-corrected chi connectivity index (χ1v) is 3.61. The third kappa shape index (κ3) is 2.12. The molecule has 0 amide bonds. The highest BCUT2D eigenvalue weighted by molar-refractivity contribution is 6.13. The summed E-state index contributed by atoms with van der Waals surface area (Å²) in [6.45, 7) is 0.730. The van der Waals surface area contributed by atoms with Crippen LogP contribution in [-0.4, -0.2) is 19.8 Å². The van der Waals surface area contributed by atoms with E-state index in [4.69, 9.17) is 16.5 Å². The largest absolute Gasteiger partial charge is 0.383 e. The zero-order valence-corrected chi connectivity index (χ0v) is 6.32. The van der Waals surface area contributed by atoms with Gasteiger partial charge >= 0.3 is 0 Å². The summed E-state index contributed by atoms with van der Waals surface area (Å²) in [6, 6.07) is 0.372. The van der Waals surface area contributed by atoms with E-state index in [9.17, 15) is 0 Å². The molecule has 1 atom stereocenters. The van der Waals surface area contributed by atoms with Gasteiger partial charge in [0.2, 0.25) is 0 Å². The molecule has 9 heavy (non-hydrogen) atoms. The predicted molar refractivity (Wildman–Crippen MR) is 37.4 cm³/mol. The zero-order valence-electron chi connectivity index (χ0n) is 5.56. The average molecular weight is 150 g/mol. The summed E-state index contributed by atoms with van der Waals surface area (Å²) >= 11 is 5.45. The molecule has 0 saturated heterocycles. The van der Waals surface area contributed by atoms with E-state index in [2.05, 4.69) is 4.84 Å². The molecule has 0 aliphatic heterocycles. The maximum atomic E-state index is 5.45. The lowest BCUT2D eigenvalue weighted by atomic mass is 10.2. The van der Waals surface area contributed by atoms with Crippen LogP contribution >= 0.6 is 11.8 Å². The quantitative estimate of drug-likeness (QED) is 0.606. The topological polar surface area (TPSA) is 21.3 Å². The van der Waals surface area contributed by atoms with E-state index in [1.54, 1.807) is 7.11 Å². The fraction of sp³-hybridized carbons (Fsp3) is 1.00. The fourth-order valence-electron chi connectivity index (χ4n) is 0.935. The average Bonchev–Trinajstić information content (AvgIpc) is 2.64. The summed E-state index contributed by atoms with van der Waals surface area (Å²) in [4.78, 5) is 2.71. The molecule has 1 aliphatic rings. The molecular formula is C6H12ClNO. The van der Waals surface area contributed by atoms with Gasteiger partial charge in [-0.25, -0.2) is 4.84 Å². The standard InChI is InChI=1S/C6H12ClNO/c1-9-4-6(8-7)5-2-3-5/h5-6,8H,2-4H2,1H3/t6-/m0/s1. The normalized spacial score (nSPS) is 22.0. The Balaban J connectivity index is 2.12. The molecule has 1 fully saturated rings. The maximum absolute atomic E-state index is 5.45. The zero-order chi connectivity index (χ0) is 6.69. The Morgan fingerprint density at radius 1 is 1.78 bits per heavy atom. The molecule has 3 heteroatoms. The smallest absolute Gasteiger partial charge is 0.0631 e. The first kappa shape index (κ1) is 7.32. The summed E-state index contributed by atoms with van der Waals surface area (Å²) in [5.41, 5.74) is 0. The molecule has 0 aromatic carbocycles. The van der Waals surface area contributed by atoms with Crippen molar-refractivity contribution in [3.8, 4) is 0 Å². The molecule has 0 radical (unpaired) electrons. The molecule has 2 nitrogen and oxygen atoms in total. The van der Waals surface area contributed by atoms with Crippen LogP contribution in [0.2, 0.25) is 0 Å². The third-order valence-electron chi connectivity index (χ3n) is 1.68. The highest BCUT2D eigenvalue weighted by Crippen LogP contribution is 2.32. The van der Waals surface area contributed by atoms with Gasteiger partial charge in [0.15, 0.2) is 0 Å². The molecular weight excluding hydrogens is 138 g/mol. The second-order valence-corrected chi connectivity index (χ2v) is 2.73. The van der Waals surface area contributed by atoms with Crippen LogP contribution in [0, 0.1) is 5.92 Å². The van der Waals surface area contributed by atoms with Crippen LogP contribution in [0.4, 0.5) is 0 Å². The molecule has 0 bridgehead atoms. The molecule has 0 aromatic heterocycles. The Kier molecular flexibility index (Phi) is 2.76. The monoisotopic (exact) mass is 149 g/mol. The van der Waals surface area contributed by atoms with Crippen molar-refractivity contribution in [1.82, 2.24) is 4.84 Å². The van der Waals surface area contributed by atoms with E-state index in [1.807, 2.05) is 0 Å². The molecule has 0 aromatic rings. The van der Waals surface area contributed by atoms with Crippen molar-refractivity contribution in [2.24, 2.45) is 5.92 Å². The van der Waals surface area contributed by atoms with E-state index in [0.717, 1.165) is 12.5 Å². The second-order valence-electron chi connectivity index (χ2n) is 2.51. The minimum absolute atomic E-state index is 0.372. The minimum atomic E-state index is 0.372. The molecule has 0 unspecified atom stereocenters. The van der Waals surface area contributed by atoms with Crippen molar-refractivity contribution >= 4 is 11.8 Å². The van der Waals surface area contributed by atoms with Crippen molar-refractivity contribution in [3.63, 3.8) is 0 Å². The van der Waals surface area contributed by atoms with Crippen molar-refractivity contribution in [2.45, 2.75) is 18.9 Å². The molecule has 1 rings (SSSR count). The Bertz CT molecular complexity index is 85.1. The highest BCUT2D eigenvalue weighted by Gasteiger charge is 2.30. The lowest BCUT2D eigenvalue weighted by Crippen LogP contribution is -2.28. The highest BCUT2D eigenvalue weighted by atomic mass is 35.5. The van der Waals surface area contributed by atoms with E-state index in [1.165, 1.54) is 12.8 Å². The summed E-state index contributed by atoms with van der Waals surface area (Å²) in [6.07, 6.45) is 2.60. The number of ether oxygens (including phenoxy) is 1. The maximum Gasteiger partial charge on any atom is 0.0631 e. The first-order chi connectivity index (χ1) is 4.38. The van der Waals surface area contributed by atoms with E-state index in [-0.39, 0.29) is 0 Å². The van der Waals surface area contributed by atoms with Crippen LogP contribution in [0.1, 0.15) is 12.8 Å². The van der Waals surface area contributed by atoms with Gasteiger partial charge in [-0.15, -0.1) is 0 Å². The van der Waals surface area contributed by atoms with Crippen LogP contribution in [0.3, 0.4) is 0 Å². The molecule has 1 aliphatic carbocycles. The van der Waals surface area contributed by atoms with Gasteiger partial charge in [-0.05, 0) is 30.5 Å². The van der Waals surface area contributed by atoms with Crippen molar-refractivity contribution in [3.05, 3.63) is 0 Å². The summed E-state index contributed by atoms with van der Waals surface area (Å²) < 4.78 is 4.95. The third-order valence-corrected chi connectivity index (χ3v) is 1.96. The summed E-state index contributed by atoms with van der Waals surface area (Å²) in [5.74, 6) is 0.766. The Hall–Kier alpha value is 0.210. The van der Waals surface area contributed by atoms with Gasteiger partial charge in [0.1, 0.15) is 0 Å². The van der Waals surface area contributed by atoms with Crippen LogP contribution in [0.25, 0.3) is 0 Å². The molecule has 0 spiro atoms. The number of nitrogens with one attached hydrogen (secondary N) is 1. The molecule has 1 N–H and O–H groups in total. The number of methoxy groups -OCH3 is 1. The Labute approximate surface area is 60.6 Å². The van der Waals surface area contributed by atoms with Gasteiger partial charge in [0.05, 0.1) is 6.61 Å². The lowest BCUT2D eigenvalue weighted by Gasteiger charge is -2.10. The number of hydrogen-bond acceptors (Lipinski definition) is 2.